The van der Waals surface area contributed by atoms with E-state index in [1.807, 2.05) is 24.3 Å². The molecule has 0 saturated carbocycles. The topological polar surface area (TPSA) is 9.23 Å². The van der Waals surface area contributed by atoms with Gasteiger partial charge in [-0.25, -0.2) is 0 Å². The molecule has 1 heteroatoms. The molecule has 0 fully saturated rings. The lowest BCUT2D eigenvalue weighted by Gasteiger charge is -1.99. The third kappa shape index (κ3) is 1.94. The van der Waals surface area contributed by atoms with Crippen molar-refractivity contribution in [2.75, 3.05) is 6.61 Å². The summed E-state index contributed by atoms with van der Waals surface area (Å²) in [4.78, 5) is 0. The van der Waals surface area contributed by atoms with E-state index in [0.29, 0.717) is 6.61 Å². The van der Waals surface area contributed by atoms with Crippen molar-refractivity contribution in [3.8, 4) is 5.75 Å². The van der Waals surface area contributed by atoms with Gasteiger partial charge in [-0.1, -0.05) is 24.8 Å². The molecule has 1 aromatic carbocycles. The van der Waals surface area contributed by atoms with Crippen molar-refractivity contribution in [3.05, 3.63) is 43.0 Å². The van der Waals surface area contributed by atoms with Crippen molar-refractivity contribution in [1.29, 1.82) is 0 Å². The van der Waals surface area contributed by atoms with Gasteiger partial charge in [0.15, 0.2) is 0 Å². The lowest BCUT2D eigenvalue weighted by Crippen LogP contribution is -1.91. The first-order valence-corrected chi connectivity index (χ1v) is 3.13. The van der Waals surface area contributed by atoms with Crippen molar-refractivity contribution in [2.45, 2.75) is 0 Å². The van der Waals surface area contributed by atoms with E-state index in [4.69, 9.17) is 4.74 Å². The summed E-state index contributed by atoms with van der Waals surface area (Å²) in [5.41, 5.74) is 0. The fraction of sp³-hybridized carbons (Fsp3) is 0.111. The highest BCUT2D eigenvalue weighted by Crippen LogP contribution is 2.06. The van der Waals surface area contributed by atoms with Gasteiger partial charge < -0.3 is 4.74 Å². The van der Waals surface area contributed by atoms with Crippen molar-refractivity contribution >= 4 is 0 Å². The van der Waals surface area contributed by atoms with Crippen molar-refractivity contribution < 1.29 is 4.74 Å². The number of hydrogen-bond acceptors (Lipinski definition) is 1. The first-order chi connectivity index (χ1) is 4.93. The molecule has 0 N–H and O–H groups in total. The third-order valence-electron chi connectivity index (χ3n) is 1.06. The lowest BCUT2D eigenvalue weighted by molar-refractivity contribution is 0.363. The van der Waals surface area contributed by atoms with E-state index in [2.05, 4.69) is 12.6 Å². The Morgan fingerprint density at radius 1 is 1.50 bits per heavy atom. The lowest BCUT2D eigenvalue weighted by atomic mass is 10.3. The second-order valence-corrected chi connectivity index (χ2v) is 1.84. The zero-order valence-corrected chi connectivity index (χ0v) is 5.71. The van der Waals surface area contributed by atoms with E-state index < -0.39 is 0 Å². The molecule has 0 aromatic heterocycles. The van der Waals surface area contributed by atoms with Gasteiger partial charge in [0, 0.05) is 0 Å². The molecule has 1 radical (unpaired) electrons. The zero-order valence-electron chi connectivity index (χ0n) is 5.71. The minimum atomic E-state index is 0.560. The van der Waals surface area contributed by atoms with Crippen LogP contribution in [0.2, 0.25) is 0 Å². The van der Waals surface area contributed by atoms with Gasteiger partial charge in [-0.05, 0) is 18.2 Å². The van der Waals surface area contributed by atoms with E-state index in [0.717, 1.165) is 5.75 Å². The van der Waals surface area contributed by atoms with E-state index in [-0.39, 0.29) is 0 Å². The maximum absolute atomic E-state index is 5.22. The van der Waals surface area contributed by atoms with Crippen LogP contribution in [0.25, 0.3) is 0 Å². The van der Waals surface area contributed by atoms with Crippen LogP contribution in [0.1, 0.15) is 0 Å². The monoisotopic (exact) mass is 133 g/mol. The van der Waals surface area contributed by atoms with Gasteiger partial charge in [0.2, 0.25) is 0 Å². The highest BCUT2D eigenvalue weighted by molar-refractivity contribution is 5.20. The van der Waals surface area contributed by atoms with E-state index >= 15 is 0 Å². The Labute approximate surface area is 61.0 Å². The van der Waals surface area contributed by atoms with Crippen molar-refractivity contribution in [3.63, 3.8) is 0 Å². The number of ether oxygens (including phenoxy) is 1. The molecule has 0 unspecified atom stereocenters. The largest absolute Gasteiger partial charge is 0.490 e. The standard InChI is InChI=1S/C9H9O/c1-2-8-10-9-6-4-3-5-7-9/h2,4-7H,1,8H2. The molecule has 0 aliphatic rings. The molecule has 0 amide bonds. The average Bonchev–Trinajstić information content (AvgIpc) is 2.03. The highest BCUT2D eigenvalue weighted by Gasteiger charge is 1.85. The SMILES string of the molecule is C=CCOc1cc[c]cc1. The Morgan fingerprint density at radius 2 is 2.20 bits per heavy atom. The summed E-state index contributed by atoms with van der Waals surface area (Å²) in [6, 6.07) is 10.3. The second-order valence-electron chi connectivity index (χ2n) is 1.84. The molecule has 51 valence electrons. The number of rotatable bonds is 3. The van der Waals surface area contributed by atoms with Gasteiger partial charge in [0.1, 0.15) is 12.4 Å². The predicted octanol–water partition coefficient (Wildman–Crippen LogP) is 2.05. The van der Waals surface area contributed by atoms with Crippen molar-refractivity contribution in [2.24, 2.45) is 0 Å². The van der Waals surface area contributed by atoms with Crippen LogP contribution < -0.4 is 4.74 Å². The molecule has 0 heterocycles. The third-order valence-corrected chi connectivity index (χ3v) is 1.06. The quantitative estimate of drug-likeness (QED) is 0.573. The number of benzene rings is 1. The van der Waals surface area contributed by atoms with E-state index in [1.54, 1.807) is 6.08 Å². The molecule has 1 rings (SSSR count). The smallest absolute Gasteiger partial charge is 0.119 e. The van der Waals surface area contributed by atoms with Crippen LogP contribution in [0.3, 0.4) is 0 Å². The van der Waals surface area contributed by atoms with Crippen LogP contribution in [-0.2, 0) is 0 Å². The van der Waals surface area contributed by atoms with Crippen LogP contribution in [0, 0.1) is 6.07 Å². The normalized spacial score (nSPS) is 8.80. The summed E-state index contributed by atoms with van der Waals surface area (Å²) in [5.74, 6) is 0.860. The second kappa shape index (κ2) is 3.72. The minimum Gasteiger partial charge on any atom is -0.490 e. The molecule has 1 aromatic rings. The molecule has 0 atom stereocenters. The Hall–Kier alpha value is -1.24. The molecule has 1 nitrogen and oxygen atoms in total. The number of hydrogen-bond donors (Lipinski definition) is 0. The van der Waals surface area contributed by atoms with Gasteiger partial charge in [0.25, 0.3) is 0 Å². The van der Waals surface area contributed by atoms with Crippen LogP contribution >= 0.6 is 0 Å². The summed E-state index contributed by atoms with van der Waals surface area (Å²) in [5, 5.41) is 0. The highest BCUT2D eigenvalue weighted by atomic mass is 16.5. The minimum absolute atomic E-state index is 0.560. The first kappa shape index (κ1) is 6.87. The molecular weight excluding hydrogens is 124 g/mol. The summed E-state index contributed by atoms with van der Waals surface area (Å²) in [6.45, 7) is 4.10. The van der Waals surface area contributed by atoms with E-state index in [9.17, 15) is 0 Å². The summed E-state index contributed by atoms with van der Waals surface area (Å²) in [6.07, 6.45) is 1.72. The van der Waals surface area contributed by atoms with Crippen LogP contribution in [0.15, 0.2) is 36.9 Å². The fourth-order valence-electron chi connectivity index (χ4n) is 0.623. The van der Waals surface area contributed by atoms with Gasteiger partial charge in [-0.2, -0.15) is 0 Å². The van der Waals surface area contributed by atoms with Crippen LogP contribution in [-0.4, -0.2) is 6.61 Å². The molecule has 10 heavy (non-hydrogen) atoms. The fourth-order valence-corrected chi connectivity index (χ4v) is 0.623. The maximum Gasteiger partial charge on any atom is 0.119 e. The van der Waals surface area contributed by atoms with E-state index in [1.165, 1.54) is 0 Å². The molecule has 0 saturated heterocycles. The van der Waals surface area contributed by atoms with Gasteiger partial charge >= 0.3 is 0 Å². The molecule has 0 bridgehead atoms. The van der Waals surface area contributed by atoms with Crippen molar-refractivity contribution in [1.82, 2.24) is 0 Å². The van der Waals surface area contributed by atoms with Gasteiger partial charge in [0.05, 0.1) is 0 Å². The predicted molar refractivity (Wildman–Crippen MR) is 41.0 cm³/mol. The molecule has 0 spiro atoms. The first-order valence-electron chi connectivity index (χ1n) is 3.13. The summed E-state index contributed by atoms with van der Waals surface area (Å²) in [7, 11) is 0. The van der Waals surface area contributed by atoms with Gasteiger partial charge in [-0.15, -0.1) is 0 Å². The molecule has 0 aliphatic heterocycles. The van der Waals surface area contributed by atoms with Crippen LogP contribution in [0.5, 0.6) is 5.75 Å². The Morgan fingerprint density at radius 3 is 2.80 bits per heavy atom. The maximum atomic E-state index is 5.22. The van der Waals surface area contributed by atoms with Gasteiger partial charge in [-0.3, -0.25) is 0 Å². The average molecular weight is 133 g/mol. The Balaban J connectivity index is 2.50. The molecule has 0 aliphatic carbocycles. The Bertz CT molecular complexity index is 191. The van der Waals surface area contributed by atoms with Crippen LogP contribution in [0.4, 0.5) is 0 Å². The zero-order chi connectivity index (χ0) is 7.23. The summed E-state index contributed by atoms with van der Waals surface area (Å²) < 4.78 is 5.22. The molecular formula is C9H9O. The Kier molecular flexibility index (Phi) is 2.56. The summed E-state index contributed by atoms with van der Waals surface area (Å²) >= 11 is 0.